The van der Waals surface area contributed by atoms with Crippen LogP contribution in [0.1, 0.15) is 32.1 Å². The maximum Gasteiger partial charge on any atom is 0.234 e. The molecule has 0 unspecified atom stereocenters. The van der Waals surface area contributed by atoms with Crippen molar-refractivity contribution >= 4 is 56.2 Å². The predicted octanol–water partition coefficient (Wildman–Crippen LogP) is 7.98. The van der Waals surface area contributed by atoms with Crippen LogP contribution in [0, 0.1) is 0 Å². The number of benzene rings is 3. The highest BCUT2D eigenvalue weighted by atomic mass is 79.9. The normalized spacial score (nSPS) is 19.2. The minimum Gasteiger partial charge on any atom is -0.336 e. The quantitative estimate of drug-likeness (QED) is 0.274. The Labute approximate surface area is 241 Å². The third-order valence-corrected chi connectivity index (χ3v) is 7.67. The average molecular weight is 623 g/mol. The highest BCUT2D eigenvalue weighted by Gasteiger charge is 2.38. The topological polar surface area (TPSA) is 46.6 Å². The molecule has 0 bridgehead atoms. The second kappa shape index (κ2) is 12.9. The van der Waals surface area contributed by atoms with Gasteiger partial charge in [0.2, 0.25) is 5.79 Å². The van der Waals surface area contributed by atoms with Crippen LogP contribution in [-0.4, -0.2) is 32.6 Å². The molecule has 5 rings (SSSR count). The molecule has 1 saturated carbocycles. The maximum atomic E-state index is 6.37. The second-order valence-corrected chi connectivity index (χ2v) is 11.3. The Hall–Kier alpha value is -2.04. The fourth-order valence-corrected chi connectivity index (χ4v) is 5.31. The van der Waals surface area contributed by atoms with Crippen molar-refractivity contribution in [2.45, 2.75) is 37.9 Å². The molecule has 0 atom stereocenters. The van der Waals surface area contributed by atoms with Crippen LogP contribution in [0.25, 0.3) is 0 Å². The Balaban J connectivity index is 1.51. The SMILES string of the molecule is Clc1cccc(N2COOC3(CCCCC3)OOCN(c3cccc(Cl)c3)CN(c3ccc(Br)cc3)C2)c1. The molecule has 38 heavy (non-hydrogen) atoms. The molecule has 3 aromatic carbocycles. The fourth-order valence-electron chi connectivity index (χ4n) is 4.68. The number of hydrogen-bond acceptors (Lipinski definition) is 7. The first-order valence-electron chi connectivity index (χ1n) is 12.6. The first-order chi connectivity index (χ1) is 18.5. The molecule has 3 aromatic rings. The Bertz CT molecular complexity index is 1130. The lowest BCUT2D eigenvalue weighted by atomic mass is 9.94. The van der Waals surface area contributed by atoms with Crippen LogP contribution in [0.5, 0.6) is 0 Å². The minimum atomic E-state index is -0.956. The zero-order valence-electron chi connectivity index (χ0n) is 20.9. The molecule has 0 amide bonds. The standard InChI is InChI=1S/C28H30BrCl2N3O4/c29-22-10-12-25(13-11-22)32-18-33(26-8-4-6-23(30)16-26)20-35-37-28(14-2-1-3-15-28)38-36-21-34(19-32)27-9-5-7-24(31)17-27/h4-13,16-17H,1-3,14-15,18-21H2. The van der Waals surface area contributed by atoms with Gasteiger partial charge in [0.15, 0.2) is 13.5 Å². The van der Waals surface area contributed by atoms with Crippen LogP contribution in [0.4, 0.5) is 17.1 Å². The van der Waals surface area contributed by atoms with Gasteiger partial charge >= 0.3 is 0 Å². The molecule has 202 valence electrons. The molecule has 2 aliphatic rings. The summed E-state index contributed by atoms with van der Waals surface area (Å²) < 4.78 is 1.00. The van der Waals surface area contributed by atoms with Gasteiger partial charge in [-0.3, -0.25) is 0 Å². The molecule has 1 aliphatic heterocycles. The predicted molar refractivity (Wildman–Crippen MR) is 154 cm³/mol. The maximum absolute atomic E-state index is 6.37. The molecule has 7 nitrogen and oxygen atoms in total. The van der Waals surface area contributed by atoms with Crippen molar-refractivity contribution in [2.75, 3.05) is 41.5 Å². The van der Waals surface area contributed by atoms with Gasteiger partial charge in [0.05, 0.1) is 13.3 Å². The van der Waals surface area contributed by atoms with Gasteiger partial charge in [-0.2, -0.15) is 9.78 Å². The van der Waals surface area contributed by atoms with E-state index in [1.54, 1.807) is 0 Å². The van der Waals surface area contributed by atoms with E-state index in [0.717, 1.165) is 40.8 Å². The Morgan fingerprint density at radius 3 is 1.66 bits per heavy atom. The highest BCUT2D eigenvalue weighted by Crippen LogP contribution is 2.34. The second-order valence-electron chi connectivity index (χ2n) is 9.47. The van der Waals surface area contributed by atoms with E-state index < -0.39 is 5.79 Å². The van der Waals surface area contributed by atoms with Crippen molar-refractivity contribution in [3.63, 3.8) is 0 Å². The van der Waals surface area contributed by atoms with Crippen molar-refractivity contribution in [1.82, 2.24) is 0 Å². The molecule has 1 aliphatic carbocycles. The molecule has 10 heteroatoms. The van der Waals surface area contributed by atoms with Gasteiger partial charge in [0, 0.05) is 44.4 Å². The molecule has 1 saturated heterocycles. The summed E-state index contributed by atoms with van der Waals surface area (Å²) in [6, 6.07) is 23.6. The number of anilines is 3. The number of halogens is 3. The fraction of sp³-hybridized carbons (Fsp3) is 0.357. The summed E-state index contributed by atoms with van der Waals surface area (Å²) in [6.07, 6.45) is 4.44. The van der Waals surface area contributed by atoms with E-state index in [-0.39, 0.29) is 13.5 Å². The molecule has 2 fully saturated rings. The van der Waals surface area contributed by atoms with E-state index in [1.165, 1.54) is 0 Å². The Kier molecular flexibility index (Phi) is 9.33. The zero-order valence-corrected chi connectivity index (χ0v) is 24.0. The first kappa shape index (κ1) is 27.5. The molecule has 1 heterocycles. The van der Waals surface area contributed by atoms with Crippen molar-refractivity contribution in [1.29, 1.82) is 0 Å². The van der Waals surface area contributed by atoms with Gasteiger partial charge in [-0.25, -0.2) is 9.78 Å². The van der Waals surface area contributed by atoms with Crippen LogP contribution >= 0.6 is 39.1 Å². The van der Waals surface area contributed by atoms with Crippen molar-refractivity contribution in [2.24, 2.45) is 0 Å². The van der Waals surface area contributed by atoms with Gasteiger partial charge in [0.1, 0.15) is 0 Å². The number of nitrogens with zero attached hydrogens (tertiary/aromatic N) is 3. The average Bonchev–Trinajstić information content (AvgIpc) is 2.91. The van der Waals surface area contributed by atoms with E-state index in [9.17, 15) is 0 Å². The molecule has 1 spiro atoms. The third kappa shape index (κ3) is 7.12. The highest BCUT2D eigenvalue weighted by molar-refractivity contribution is 9.10. The summed E-state index contributed by atoms with van der Waals surface area (Å²) in [5, 5.41) is 1.29. The Morgan fingerprint density at radius 2 is 1.16 bits per heavy atom. The summed E-state index contributed by atoms with van der Waals surface area (Å²) in [5.41, 5.74) is 2.82. The van der Waals surface area contributed by atoms with Gasteiger partial charge in [0.25, 0.3) is 0 Å². The summed E-state index contributed by atoms with van der Waals surface area (Å²) in [4.78, 5) is 30.0. The lowest BCUT2D eigenvalue weighted by molar-refractivity contribution is -0.516. The van der Waals surface area contributed by atoms with E-state index in [2.05, 4.69) is 42.8 Å². The monoisotopic (exact) mass is 621 g/mol. The van der Waals surface area contributed by atoms with Crippen LogP contribution in [0.3, 0.4) is 0 Å². The molecular formula is C28H30BrCl2N3O4. The summed E-state index contributed by atoms with van der Waals surface area (Å²) in [7, 11) is 0. The van der Waals surface area contributed by atoms with Crippen LogP contribution in [0.2, 0.25) is 10.0 Å². The Morgan fingerprint density at radius 1 is 0.632 bits per heavy atom. The lowest BCUT2D eigenvalue weighted by Gasteiger charge is -2.40. The zero-order chi connectivity index (χ0) is 26.4. The number of hydrogen-bond donors (Lipinski definition) is 0. The molecular weight excluding hydrogens is 593 g/mol. The summed E-state index contributed by atoms with van der Waals surface area (Å²) in [5.74, 6) is -0.956. The van der Waals surface area contributed by atoms with Crippen LogP contribution in [-0.2, 0) is 19.6 Å². The van der Waals surface area contributed by atoms with E-state index in [0.29, 0.717) is 36.2 Å². The third-order valence-electron chi connectivity index (χ3n) is 6.68. The van der Waals surface area contributed by atoms with Crippen molar-refractivity contribution < 1.29 is 19.6 Å². The van der Waals surface area contributed by atoms with Crippen LogP contribution < -0.4 is 14.7 Å². The minimum absolute atomic E-state index is 0.162. The molecule has 0 aromatic heterocycles. The smallest absolute Gasteiger partial charge is 0.234 e. The van der Waals surface area contributed by atoms with Crippen molar-refractivity contribution in [3.8, 4) is 0 Å². The summed E-state index contributed by atoms with van der Waals surface area (Å²) in [6.45, 7) is 1.29. The van der Waals surface area contributed by atoms with Crippen molar-refractivity contribution in [3.05, 3.63) is 87.3 Å². The van der Waals surface area contributed by atoms with Crippen LogP contribution in [0.15, 0.2) is 77.3 Å². The van der Waals surface area contributed by atoms with Gasteiger partial charge in [-0.1, -0.05) is 57.7 Å². The van der Waals surface area contributed by atoms with Gasteiger partial charge in [-0.05, 0) is 73.5 Å². The van der Waals surface area contributed by atoms with E-state index in [1.807, 2.05) is 60.7 Å². The first-order valence-corrected chi connectivity index (χ1v) is 14.2. The molecule has 0 radical (unpaired) electrons. The van der Waals surface area contributed by atoms with Gasteiger partial charge in [-0.15, -0.1) is 0 Å². The van der Waals surface area contributed by atoms with E-state index in [4.69, 9.17) is 42.8 Å². The van der Waals surface area contributed by atoms with E-state index >= 15 is 0 Å². The largest absolute Gasteiger partial charge is 0.336 e. The summed E-state index contributed by atoms with van der Waals surface area (Å²) >= 11 is 16.3. The molecule has 0 N–H and O–H groups in total. The lowest BCUT2D eigenvalue weighted by Crippen LogP contribution is -2.48. The number of rotatable bonds is 3. The van der Waals surface area contributed by atoms with Gasteiger partial charge < -0.3 is 14.7 Å².